The molecule has 0 saturated carbocycles. The Hall–Kier alpha value is -3.98. The number of piperidine rings is 2. The second-order valence-electron chi connectivity index (χ2n) is 13.2. The summed E-state index contributed by atoms with van der Waals surface area (Å²) in [6.45, 7) is 14.1. The molecule has 2 amide bonds. The largest absolute Gasteiger partial charge is 0.444 e. The summed E-state index contributed by atoms with van der Waals surface area (Å²) in [5, 5.41) is 6.26. The molecule has 234 valence electrons. The molecule has 1 aromatic carbocycles. The fraction of sp³-hybridized carbons (Fsp3) is 0.486. The minimum atomic E-state index is -0.491. The molecule has 0 radical (unpaired) electrons. The van der Waals surface area contributed by atoms with Gasteiger partial charge in [-0.15, -0.1) is 0 Å². The van der Waals surface area contributed by atoms with Crippen LogP contribution in [0, 0.1) is 13.8 Å². The number of nitrogens with zero attached hydrogens (tertiary/aromatic N) is 4. The molecule has 0 aliphatic carbocycles. The SMILES string of the molecule is Cc1ccc(-c2cc(C(=O)NC3CCN(Cc4ccc(N5CCC(NC(=O)OC(C)(C)C)CC5)nc4)CC3)ccc2C)cn1. The van der Waals surface area contributed by atoms with Crippen LogP contribution in [0.2, 0.25) is 0 Å². The number of ether oxygens (including phenoxy) is 1. The van der Waals surface area contributed by atoms with Crippen LogP contribution in [0.15, 0.2) is 54.9 Å². The van der Waals surface area contributed by atoms with E-state index in [4.69, 9.17) is 9.72 Å². The number of carbonyl (C=O) groups is 2. The Morgan fingerprint density at radius 2 is 1.57 bits per heavy atom. The second-order valence-corrected chi connectivity index (χ2v) is 13.2. The highest BCUT2D eigenvalue weighted by molar-refractivity contribution is 5.96. The zero-order valence-electron chi connectivity index (χ0n) is 26.7. The molecule has 2 aliphatic heterocycles. The van der Waals surface area contributed by atoms with Gasteiger partial charge in [0.15, 0.2) is 0 Å². The van der Waals surface area contributed by atoms with Crippen LogP contribution in [0.1, 0.15) is 73.6 Å². The molecule has 0 bridgehead atoms. The number of carbonyl (C=O) groups excluding carboxylic acids is 2. The number of hydrogen-bond donors (Lipinski definition) is 2. The highest BCUT2D eigenvalue weighted by Crippen LogP contribution is 2.25. The van der Waals surface area contributed by atoms with Crippen molar-refractivity contribution in [1.82, 2.24) is 25.5 Å². The normalized spacial score (nSPS) is 16.9. The summed E-state index contributed by atoms with van der Waals surface area (Å²) in [6.07, 6.45) is 7.07. The third-order valence-corrected chi connectivity index (χ3v) is 8.40. The lowest BCUT2D eigenvalue weighted by molar-refractivity contribution is 0.0497. The maximum atomic E-state index is 13.1. The van der Waals surface area contributed by atoms with Crippen LogP contribution in [0.4, 0.5) is 10.6 Å². The van der Waals surface area contributed by atoms with E-state index < -0.39 is 5.60 Å². The molecule has 2 aromatic heterocycles. The number of benzene rings is 1. The van der Waals surface area contributed by atoms with Gasteiger partial charge in [0.25, 0.3) is 5.91 Å². The Morgan fingerprint density at radius 1 is 0.864 bits per heavy atom. The Labute approximate surface area is 261 Å². The van der Waals surface area contributed by atoms with Gasteiger partial charge in [-0.2, -0.15) is 0 Å². The van der Waals surface area contributed by atoms with Crippen molar-refractivity contribution < 1.29 is 14.3 Å². The third kappa shape index (κ3) is 8.56. The highest BCUT2D eigenvalue weighted by atomic mass is 16.6. The van der Waals surface area contributed by atoms with E-state index in [1.54, 1.807) is 0 Å². The maximum absolute atomic E-state index is 13.1. The van der Waals surface area contributed by atoms with Gasteiger partial charge in [-0.25, -0.2) is 9.78 Å². The number of aromatic nitrogens is 2. The summed E-state index contributed by atoms with van der Waals surface area (Å²) >= 11 is 0. The maximum Gasteiger partial charge on any atom is 0.407 e. The van der Waals surface area contributed by atoms with E-state index in [2.05, 4.69) is 50.5 Å². The zero-order chi connectivity index (χ0) is 31.3. The molecular formula is C35H46N6O3. The molecule has 44 heavy (non-hydrogen) atoms. The molecule has 2 saturated heterocycles. The molecule has 0 spiro atoms. The van der Waals surface area contributed by atoms with Crippen molar-refractivity contribution in [2.75, 3.05) is 31.1 Å². The van der Waals surface area contributed by atoms with Gasteiger partial charge >= 0.3 is 6.09 Å². The quantitative estimate of drug-likeness (QED) is 0.363. The minimum absolute atomic E-state index is 0.0192. The molecule has 2 aliphatic rings. The van der Waals surface area contributed by atoms with Crippen molar-refractivity contribution in [3.8, 4) is 11.1 Å². The van der Waals surface area contributed by atoms with Gasteiger partial charge in [-0.1, -0.05) is 18.2 Å². The van der Waals surface area contributed by atoms with Crippen LogP contribution < -0.4 is 15.5 Å². The Kier molecular flexibility index (Phi) is 9.84. The van der Waals surface area contributed by atoms with Gasteiger partial charge in [0.1, 0.15) is 11.4 Å². The number of hydrogen-bond acceptors (Lipinski definition) is 7. The highest BCUT2D eigenvalue weighted by Gasteiger charge is 2.25. The van der Waals surface area contributed by atoms with Crippen LogP contribution in [0.3, 0.4) is 0 Å². The first-order valence-electron chi connectivity index (χ1n) is 15.8. The summed E-state index contributed by atoms with van der Waals surface area (Å²) in [5.41, 5.74) is 5.55. The summed E-state index contributed by atoms with van der Waals surface area (Å²) in [7, 11) is 0. The smallest absolute Gasteiger partial charge is 0.407 e. The average molecular weight is 599 g/mol. The van der Waals surface area contributed by atoms with E-state index in [1.807, 2.05) is 64.4 Å². The molecule has 3 aromatic rings. The van der Waals surface area contributed by atoms with Gasteiger partial charge in [0.05, 0.1) is 0 Å². The lowest BCUT2D eigenvalue weighted by atomic mass is 9.98. The van der Waals surface area contributed by atoms with Crippen LogP contribution in [-0.2, 0) is 11.3 Å². The van der Waals surface area contributed by atoms with Crippen LogP contribution in [0.5, 0.6) is 0 Å². The number of pyridine rings is 2. The van der Waals surface area contributed by atoms with Crippen molar-refractivity contribution in [3.05, 3.63) is 77.2 Å². The van der Waals surface area contributed by atoms with Crippen LogP contribution >= 0.6 is 0 Å². The van der Waals surface area contributed by atoms with Gasteiger partial charge in [0, 0.05) is 74.0 Å². The van der Waals surface area contributed by atoms with E-state index in [0.29, 0.717) is 5.56 Å². The predicted molar refractivity (Wildman–Crippen MR) is 174 cm³/mol. The van der Waals surface area contributed by atoms with Gasteiger partial charge in [-0.05, 0) is 101 Å². The topological polar surface area (TPSA) is 99.7 Å². The molecule has 5 rings (SSSR count). The van der Waals surface area contributed by atoms with Crippen molar-refractivity contribution >= 4 is 17.8 Å². The molecule has 0 atom stereocenters. The van der Waals surface area contributed by atoms with E-state index in [1.165, 1.54) is 5.56 Å². The standard InChI is InChI=1S/C35H46N6O3/c1-24-6-9-27(20-31(24)28-10-7-25(2)36-22-28)33(42)38-29-12-16-40(17-13-29)23-26-8-11-32(37-21-26)41-18-14-30(15-19-41)39-34(43)44-35(3,4)5/h6-11,20-22,29-30H,12-19,23H2,1-5H3,(H,38,42)(H,39,43). The number of amides is 2. The van der Waals surface area contributed by atoms with Gasteiger partial charge in [-0.3, -0.25) is 14.7 Å². The summed E-state index contributed by atoms with van der Waals surface area (Å²) in [5.74, 6) is 0.956. The molecule has 9 heteroatoms. The Balaban J connectivity index is 1.06. The van der Waals surface area contributed by atoms with Crippen molar-refractivity contribution in [3.63, 3.8) is 0 Å². The lowest BCUT2D eigenvalue weighted by Crippen LogP contribution is -2.46. The van der Waals surface area contributed by atoms with E-state index in [0.717, 1.165) is 86.6 Å². The number of anilines is 1. The first-order valence-corrected chi connectivity index (χ1v) is 15.8. The number of nitrogens with one attached hydrogen (secondary N) is 2. The third-order valence-electron chi connectivity index (χ3n) is 8.40. The second kappa shape index (κ2) is 13.8. The fourth-order valence-electron chi connectivity index (χ4n) is 5.89. The first-order chi connectivity index (χ1) is 21.0. The minimum Gasteiger partial charge on any atom is -0.444 e. The average Bonchev–Trinajstić information content (AvgIpc) is 2.99. The molecular weight excluding hydrogens is 552 g/mol. The monoisotopic (exact) mass is 598 g/mol. The Bertz CT molecular complexity index is 1420. The van der Waals surface area contributed by atoms with E-state index >= 15 is 0 Å². The van der Waals surface area contributed by atoms with Gasteiger partial charge in [0.2, 0.25) is 0 Å². The number of alkyl carbamates (subject to hydrolysis) is 1. The Morgan fingerprint density at radius 3 is 2.20 bits per heavy atom. The lowest BCUT2D eigenvalue weighted by Gasteiger charge is -2.34. The van der Waals surface area contributed by atoms with Crippen molar-refractivity contribution in [2.24, 2.45) is 0 Å². The molecule has 9 nitrogen and oxygen atoms in total. The number of aryl methyl sites for hydroxylation is 2. The van der Waals surface area contributed by atoms with Crippen molar-refractivity contribution in [2.45, 2.75) is 84.5 Å². The first kappa shape index (κ1) is 31.4. The molecule has 2 N–H and O–H groups in total. The molecule has 0 unspecified atom stereocenters. The summed E-state index contributed by atoms with van der Waals surface area (Å²) in [4.78, 5) is 39.1. The molecule has 2 fully saturated rings. The van der Waals surface area contributed by atoms with E-state index in [9.17, 15) is 9.59 Å². The summed E-state index contributed by atoms with van der Waals surface area (Å²) in [6, 6.07) is 14.5. The van der Waals surface area contributed by atoms with Crippen LogP contribution in [0.25, 0.3) is 11.1 Å². The predicted octanol–water partition coefficient (Wildman–Crippen LogP) is 5.65. The molecule has 4 heterocycles. The zero-order valence-corrected chi connectivity index (χ0v) is 26.7. The van der Waals surface area contributed by atoms with Crippen LogP contribution in [-0.4, -0.2) is 70.7 Å². The number of rotatable bonds is 7. The van der Waals surface area contributed by atoms with Gasteiger partial charge < -0.3 is 20.3 Å². The van der Waals surface area contributed by atoms with E-state index in [-0.39, 0.29) is 24.1 Å². The fourth-order valence-corrected chi connectivity index (χ4v) is 5.89. The summed E-state index contributed by atoms with van der Waals surface area (Å²) < 4.78 is 5.39. The number of likely N-dealkylation sites (tertiary alicyclic amines) is 1. The van der Waals surface area contributed by atoms with Crippen molar-refractivity contribution in [1.29, 1.82) is 0 Å².